The average Bonchev–Trinajstić information content (AvgIpc) is 2.70. The molecule has 0 spiro atoms. The molecular weight excluding hydrogens is 348 g/mol. The number of nitrogens with zero attached hydrogens (tertiary/aromatic N) is 4. The van der Waals surface area contributed by atoms with Crippen LogP contribution in [0.4, 0.5) is 16.4 Å². The number of phenols is 1. The van der Waals surface area contributed by atoms with E-state index in [-0.39, 0.29) is 17.7 Å². The minimum atomic E-state index is -0.693. The van der Waals surface area contributed by atoms with E-state index in [1.54, 1.807) is 42.4 Å². The van der Waals surface area contributed by atoms with Crippen LogP contribution in [0, 0.1) is 0 Å². The van der Waals surface area contributed by atoms with Gasteiger partial charge in [-0.15, -0.1) is 0 Å². The van der Waals surface area contributed by atoms with E-state index in [0.29, 0.717) is 37.8 Å². The Morgan fingerprint density at radius 3 is 2.33 bits per heavy atom. The number of amides is 3. The van der Waals surface area contributed by atoms with Crippen LogP contribution in [0.2, 0.25) is 0 Å². The number of hydrogen-bond donors (Lipinski definition) is 3. The maximum Gasteiger partial charge on any atom is 0.318 e. The number of urea groups is 1. The van der Waals surface area contributed by atoms with Crippen LogP contribution in [0.25, 0.3) is 0 Å². The predicted molar refractivity (Wildman–Crippen MR) is 101 cm³/mol. The molecule has 3 rings (SSSR count). The van der Waals surface area contributed by atoms with Gasteiger partial charge in [0.1, 0.15) is 11.8 Å². The molecule has 1 saturated heterocycles. The molecule has 2 aromatic rings. The van der Waals surface area contributed by atoms with Crippen molar-refractivity contribution < 1.29 is 14.7 Å². The average molecular weight is 370 g/mol. The molecule has 2 heterocycles. The summed E-state index contributed by atoms with van der Waals surface area (Å²) in [6.07, 6.45) is 3.38. The zero-order valence-corrected chi connectivity index (χ0v) is 15.0. The van der Waals surface area contributed by atoms with Crippen LogP contribution in [0.5, 0.6) is 5.75 Å². The summed E-state index contributed by atoms with van der Waals surface area (Å²) in [6, 6.07) is 6.93. The maximum atomic E-state index is 12.4. The first kappa shape index (κ1) is 18.4. The Labute approximate surface area is 157 Å². The van der Waals surface area contributed by atoms with Crippen molar-refractivity contribution >= 4 is 23.6 Å². The fraction of sp³-hybridized carbons (Fsp3) is 0.333. The second kappa shape index (κ2) is 8.35. The highest BCUT2D eigenvalue weighted by molar-refractivity contribution is 5.96. The highest BCUT2D eigenvalue weighted by atomic mass is 16.3. The molecule has 1 aliphatic rings. The summed E-state index contributed by atoms with van der Waals surface area (Å²) >= 11 is 0. The highest BCUT2D eigenvalue weighted by Gasteiger charge is 2.24. The fourth-order valence-electron chi connectivity index (χ4n) is 2.70. The van der Waals surface area contributed by atoms with Crippen molar-refractivity contribution in [3.63, 3.8) is 0 Å². The van der Waals surface area contributed by atoms with Gasteiger partial charge in [0.2, 0.25) is 11.9 Å². The molecule has 1 aromatic heterocycles. The third-order valence-corrected chi connectivity index (χ3v) is 4.27. The standard InChI is InChI=1S/C18H22N6O3/c1-13(16(26)22-14-3-5-15(25)6-4-14)21-18(27)24-11-9-23(10-12-24)17-19-7-2-8-20-17/h2-8,13,25H,9-12H2,1H3,(H,21,27)(H,22,26)/t13-/m1/s1. The molecule has 0 bridgehead atoms. The number of aromatic nitrogens is 2. The van der Waals surface area contributed by atoms with Gasteiger partial charge in [0.15, 0.2) is 0 Å². The molecule has 0 saturated carbocycles. The van der Waals surface area contributed by atoms with Gasteiger partial charge in [-0.05, 0) is 37.3 Å². The molecule has 9 heteroatoms. The number of piperazine rings is 1. The molecule has 1 atom stereocenters. The molecule has 0 radical (unpaired) electrons. The minimum Gasteiger partial charge on any atom is -0.508 e. The molecular formula is C18H22N6O3. The van der Waals surface area contributed by atoms with Crippen LogP contribution in [-0.2, 0) is 4.79 Å². The van der Waals surface area contributed by atoms with Gasteiger partial charge >= 0.3 is 6.03 Å². The molecule has 27 heavy (non-hydrogen) atoms. The summed E-state index contributed by atoms with van der Waals surface area (Å²) in [5, 5.41) is 14.7. The number of nitrogens with one attached hydrogen (secondary N) is 2. The van der Waals surface area contributed by atoms with Crippen molar-refractivity contribution in [2.24, 2.45) is 0 Å². The summed E-state index contributed by atoms with van der Waals surface area (Å²) in [5.41, 5.74) is 0.551. The predicted octanol–water partition coefficient (Wildman–Crippen LogP) is 1.04. The lowest BCUT2D eigenvalue weighted by atomic mass is 10.2. The summed E-state index contributed by atoms with van der Waals surface area (Å²) in [6.45, 7) is 3.94. The second-order valence-electron chi connectivity index (χ2n) is 6.23. The molecule has 9 nitrogen and oxygen atoms in total. The molecule has 3 amide bonds. The summed E-state index contributed by atoms with van der Waals surface area (Å²) in [7, 11) is 0. The molecule has 1 fully saturated rings. The van der Waals surface area contributed by atoms with Crippen LogP contribution in [0.15, 0.2) is 42.7 Å². The van der Waals surface area contributed by atoms with E-state index in [2.05, 4.69) is 20.6 Å². The molecule has 1 aliphatic heterocycles. The van der Waals surface area contributed by atoms with Crippen molar-refractivity contribution in [3.8, 4) is 5.75 Å². The molecule has 0 aliphatic carbocycles. The van der Waals surface area contributed by atoms with Gasteiger partial charge in [0.05, 0.1) is 0 Å². The van der Waals surface area contributed by atoms with E-state index in [1.165, 1.54) is 12.1 Å². The van der Waals surface area contributed by atoms with Crippen LogP contribution < -0.4 is 15.5 Å². The SMILES string of the molecule is C[C@@H](NC(=O)N1CCN(c2ncccn2)CC1)C(=O)Nc1ccc(O)cc1. The van der Waals surface area contributed by atoms with Crippen molar-refractivity contribution in [3.05, 3.63) is 42.7 Å². The van der Waals surface area contributed by atoms with Crippen LogP contribution >= 0.6 is 0 Å². The van der Waals surface area contributed by atoms with E-state index in [0.717, 1.165) is 0 Å². The van der Waals surface area contributed by atoms with Crippen molar-refractivity contribution in [2.45, 2.75) is 13.0 Å². The van der Waals surface area contributed by atoms with Gasteiger partial charge in [-0.2, -0.15) is 0 Å². The topological polar surface area (TPSA) is 111 Å². The van der Waals surface area contributed by atoms with Crippen LogP contribution in [0.1, 0.15) is 6.92 Å². The number of aromatic hydroxyl groups is 1. The Morgan fingerprint density at radius 1 is 1.07 bits per heavy atom. The van der Waals surface area contributed by atoms with Gasteiger partial charge in [-0.3, -0.25) is 4.79 Å². The number of rotatable bonds is 4. The number of carbonyl (C=O) groups excluding carboxylic acids is 2. The van der Waals surface area contributed by atoms with Crippen molar-refractivity contribution in [1.29, 1.82) is 0 Å². The molecule has 1 aromatic carbocycles. The van der Waals surface area contributed by atoms with Gasteiger partial charge in [-0.25, -0.2) is 14.8 Å². The zero-order valence-electron chi connectivity index (χ0n) is 15.0. The lowest BCUT2D eigenvalue weighted by molar-refractivity contribution is -0.117. The molecule has 0 unspecified atom stereocenters. The Kier molecular flexibility index (Phi) is 5.70. The van der Waals surface area contributed by atoms with Gasteiger partial charge < -0.3 is 25.5 Å². The van der Waals surface area contributed by atoms with Crippen LogP contribution in [0.3, 0.4) is 0 Å². The first-order valence-electron chi connectivity index (χ1n) is 8.70. The Morgan fingerprint density at radius 2 is 1.70 bits per heavy atom. The van der Waals surface area contributed by atoms with E-state index < -0.39 is 6.04 Å². The maximum absolute atomic E-state index is 12.4. The van der Waals surface area contributed by atoms with Crippen molar-refractivity contribution in [2.75, 3.05) is 36.4 Å². The summed E-state index contributed by atoms with van der Waals surface area (Å²) < 4.78 is 0. The summed E-state index contributed by atoms with van der Waals surface area (Å²) in [4.78, 5) is 36.7. The van der Waals surface area contributed by atoms with Crippen LogP contribution in [-0.4, -0.2) is 64.1 Å². The van der Waals surface area contributed by atoms with E-state index in [4.69, 9.17) is 0 Å². The Bertz CT molecular complexity index is 775. The molecule has 142 valence electrons. The van der Waals surface area contributed by atoms with E-state index in [9.17, 15) is 14.7 Å². The number of benzene rings is 1. The monoisotopic (exact) mass is 370 g/mol. The number of carbonyl (C=O) groups is 2. The number of hydrogen-bond acceptors (Lipinski definition) is 6. The lowest BCUT2D eigenvalue weighted by Crippen LogP contribution is -2.55. The normalized spacial score (nSPS) is 15.1. The van der Waals surface area contributed by atoms with Crippen molar-refractivity contribution in [1.82, 2.24) is 20.2 Å². The first-order valence-corrected chi connectivity index (χ1v) is 8.70. The van der Waals surface area contributed by atoms with Gasteiger partial charge in [0, 0.05) is 44.3 Å². The minimum absolute atomic E-state index is 0.120. The number of anilines is 2. The largest absolute Gasteiger partial charge is 0.508 e. The quantitative estimate of drug-likeness (QED) is 0.694. The van der Waals surface area contributed by atoms with Gasteiger partial charge in [-0.1, -0.05) is 0 Å². The molecule has 3 N–H and O–H groups in total. The summed E-state index contributed by atoms with van der Waals surface area (Å²) in [5.74, 6) is 0.443. The third-order valence-electron chi connectivity index (χ3n) is 4.27. The van der Waals surface area contributed by atoms with E-state index >= 15 is 0 Å². The first-order chi connectivity index (χ1) is 13.0. The second-order valence-corrected chi connectivity index (χ2v) is 6.23. The Hall–Kier alpha value is -3.36. The third kappa shape index (κ3) is 4.84. The smallest absolute Gasteiger partial charge is 0.318 e. The van der Waals surface area contributed by atoms with Gasteiger partial charge in [0.25, 0.3) is 0 Å². The number of phenolic OH excluding ortho intramolecular Hbond substituents is 1. The fourth-order valence-corrected chi connectivity index (χ4v) is 2.70. The Balaban J connectivity index is 1.47. The van der Waals surface area contributed by atoms with E-state index in [1.807, 2.05) is 4.90 Å². The highest BCUT2D eigenvalue weighted by Crippen LogP contribution is 2.14. The lowest BCUT2D eigenvalue weighted by Gasteiger charge is -2.35. The zero-order chi connectivity index (χ0) is 19.2.